The summed E-state index contributed by atoms with van der Waals surface area (Å²) in [5.74, 6) is -0.869. The van der Waals surface area contributed by atoms with Crippen molar-refractivity contribution in [2.75, 3.05) is 13.1 Å². The molecular weight excluding hydrogens is 545 g/mol. The summed E-state index contributed by atoms with van der Waals surface area (Å²) in [6.07, 6.45) is -8.82. The van der Waals surface area contributed by atoms with Crippen LogP contribution in [0.25, 0.3) is 0 Å². The molecule has 3 heterocycles. The Morgan fingerprint density at radius 2 is 1.92 bits per heavy atom. The van der Waals surface area contributed by atoms with Gasteiger partial charge in [-0.1, -0.05) is 17.7 Å². The van der Waals surface area contributed by atoms with Crippen LogP contribution in [0.5, 0.6) is 0 Å². The Hall–Kier alpha value is -2.67. The van der Waals surface area contributed by atoms with Crippen LogP contribution >= 0.6 is 11.6 Å². The quantitative estimate of drug-likeness (QED) is 0.416. The van der Waals surface area contributed by atoms with E-state index < -0.39 is 30.5 Å². The first-order valence-electron chi connectivity index (χ1n) is 11.8. The molecule has 2 aromatic rings. The molecule has 2 atom stereocenters. The predicted molar refractivity (Wildman–Crippen MR) is 124 cm³/mol. The van der Waals surface area contributed by atoms with E-state index in [9.17, 15) is 35.5 Å². The van der Waals surface area contributed by atoms with Gasteiger partial charge in [0, 0.05) is 23.6 Å². The number of nitrogens with one attached hydrogen (secondary N) is 1. The zero-order chi connectivity index (χ0) is 28.3. The third-order valence-corrected chi connectivity index (χ3v) is 6.77. The summed E-state index contributed by atoms with van der Waals surface area (Å²) in [5, 5.41) is 7.35. The standard InChI is InChI=1S/C22H25ClF4N4O.C2HF3O/c1-13-17-5-7-30(21(32)9-14-4-6-28-20(8-14)22(25,26)27)12-19(17)31(29-13)11-15-2-3-16(23)10-18(15)24;3-2(4,5)1-6/h2-3,10,14,20,28H,4-9,11-12H2,1H3;1H. The summed E-state index contributed by atoms with van der Waals surface area (Å²) in [6.45, 7) is 3.17. The van der Waals surface area contributed by atoms with E-state index in [0.29, 0.717) is 36.5 Å². The molecule has 210 valence electrons. The fraction of sp³-hybridized carbons (Fsp3) is 0.542. The Morgan fingerprint density at radius 3 is 2.53 bits per heavy atom. The monoisotopic (exact) mass is 570 g/mol. The number of aldehydes is 1. The number of amides is 1. The van der Waals surface area contributed by atoms with Crippen LogP contribution < -0.4 is 5.32 Å². The number of alkyl halides is 6. The highest BCUT2D eigenvalue weighted by molar-refractivity contribution is 6.30. The lowest BCUT2D eigenvalue weighted by molar-refractivity contribution is -0.164. The first kappa shape index (κ1) is 29.9. The van der Waals surface area contributed by atoms with Gasteiger partial charge in [-0.25, -0.2) is 4.39 Å². The molecule has 1 fully saturated rings. The van der Waals surface area contributed by atoms with Gasteiger partial charge in [0.2, 0.25) is 12.2 Å². The smallest absolute Gasteiger partial charge is 0.336 e. The van der Waals surface area contributed by atoms with Gasteiger partial charge >= 0.3 is 12.4 Å². The Kier molecular flexibility index (Phi) is 9.45. The van der Waals surface area contributed by atoms with Crippen molar-refractivity contribution < 1.29 is 40.3 Å². The minimum atomic E-state index is -4.64. The molecule has 0 aliphatic carbocycles. The highest BCUT2D eigenvalue weighted by Gasteiger charge is 2.42. The van der Waals surface area contributed by atoms with Gasteiger partial charge in [0.05, 0.1) is 24.5 Å². The number of fused-ring (bicyclic) bond motifs is 1. The summed E-state index contributed by atoms with van der Waals surface area (Å²) < 4.78 is 86.4. The summed E-state index contributed by atoms with van der Waals surface area (Å²) in [5.41, 5.74) is 3.17. The number of aryl methyl sites for hydroxylation is 1. The van der Waals surface area contributed by atoms with Crippen LogP contribution in [0.1, 0.15) is 41.8 Å². The lowest BCUT2D eigenvalue weighted by Crippen LogP contribution is -2.48. The summed E-state index contributed by atoms with van der Waals surface area (Å²) in [7, 11) is 0. The van der Waals surface area contributed by atoms with E-state index in [1.807, 2.05) is 6.92 Å². The molecule has 2 unspecified atom stereocenters. The molecule has 0 spiro atoms. The van der Waals surface area contributed by atoms with Gasteiger partial charge in [-0.2, -0.15) is 31.4 Å². The number of nitrogens with zero attached hydrogens (tertiary/aromatic N) is 3. The number of benzene rings is 1. The van der Waals surface area contributed by atoms with Gasteiger partial charge < -0.3 is 10.2 Å². The molecule has 6 nitrogen and oxygen atoms in total. The highest BCUT2D eigenvalue weighted by Crippen LogP contribution is 2.32. The predicted octanol–water partition coefficient (Wildman–Crippen LogP) is 4.99. The molecule has 4 rings (SSSR count). The zero-order valence-electron chi connectivity index (χ0n) is 20.3. The third kappa shape index (κ3) is 7.92. The first-order valence-corrected chi connectivity index (χ1v) is 12.2. The normalized spacial score (nSPS) is 19.9. The molecule has 1 amide bonds. The fourth-order valence-electron chi connectivity index (χ4n) is 4.64. The zero-order valence-corrected chi connectivity index (χ0v) is 21.1. The van der Waals surface area contributed by atoms with Crippen molar-refractivity contribution >= 4 is 23.8 Å². The van der Waals surface area contributed by atoms with E-state index in [-0.39, 0.29) is 37.8 Å². The van der Waals surface area contributed by atoms with Gasteiger partial charge in [-0.15, -0.1) is 0 Å². The van der Waals surface area contributed by atoms with Crippen molar-refractivity contribution in [3.8, 4) is 0 Å². The van der Waals surface area contributed by atoms with Gasteiger partial charge in [-0.05, 0) is 56.3 Å². The number of hydrogen-bond donors (Lipinski definition) is 1. The lowest BCUT2D eigenvalue weighted by Gasteiger charge is -2.33. The molecule has 14 heteroatoms. The average Bonchev–Trinajstić information content (AvgIpc) is 3.15. The number of carbonyl (C=O) groups excluding carboxylic acids is 2. The van der Waals surface area contributed by atoms with Gasteiger partial charge in [0.15, 0.2) is 0 Å². The maximum atomic E-state index is 14.3. The van der Waals surface area contributed by atoms with E-state index >= 15 is 0 Å². The number of rotatable bonds is 4. The van der Waals surface area contributed by atoms with E-state index in [2.05, 4.69) is 10.4 Å². The van der Waals surface area contributed by atoms with E-state index in [0.717, 1.165) is 17.0 Å². The Labute approximate surface area is 219 Å². The largest absolute Gasteiger partial charge is 0.446 e. The molecule has 2 aliphatic heterocycles. The SMILES string of the molecule is Cc1nn(Cc2ccc(Cl)cc2F)c2c1CCN(C(=O)CC1CCNC(C(F)(F)F)C1)C2.O=CC(F)(F)F. The van der Waals surface area contributed by atoms with Crippen LogP contribution in [-0.2, 0) is 29.1 Å². The van der Waals surface area contributed by atoms with Crippen molar-refractivity contribution in [3.05, 3.63) is 51.6 Å². The van der Waals surface area contributed by atoms with Crippen LogP contribution in [0.4, 0.5) is 30.7 Å². The van der Waals surface area contributed by atoms with Crippen molar-refractivity contribution in [2.45, 2.75) is 64.1 Å². The van der Waals surface area contributed by atoms with Crippen molar-refractivity contribution in [2.24, 2.45) is 5.92 Å². The van der Waals surface area contributed by atoms with Crippen molar-refractivity contribution in [1.29, 1.82) is 0 Å². The van der Waals surface area contributed by atoms with Crippen molar-refractivity contribution in [3.63, 3.8) is 0 Å². The van der Waals surface area contributed by atoms with Crippen molar-refractivity contribution in [1.82, 2.24) is 20.0 Å². The maximum absolute atomic E-state index is 14.3. The van der Waals surface area contributed by atoms with Crippen LogP contribution in [-0.4, -0.2) is 58.4 Å². The Morgan fingerprint density at radius 1 is 1.24 bits per heavy atom. The lowest BCUT2D eigenvalue weighted by atomic mass is 9.88. The Bertz CT molecular complexity index is 1150. The molecule has 38 heavy (non-hydrogen) atoms. The molecule has 1 aromatic heterocycles. The molecule has 1 aromatic carbocycles. The van der Waals surface area contributed by atoms with Crippen LogP contribution in [0.2, 0.25) is 5.02 Å². The third-order valence-electron chi connectivity index (χ3n) is 6.53. The van der Waals surface area contributed by atoms with Gasteiger partial charge in [-0.3, -0.25) is 14.3 Å². The van der Waals surface area contributed by atoms with Gasteiger partial charge in [0.1, 0.15) is 11.9 Å². The number of aromatic nitrogens is 2. The van der Waals surface area contributed by atoms with E-state index in [1.54, 1.807) is 21.7 Å². The molecular formula is C24H26ClF7N4O2. The second-order valence-electron chi connectivity index (χ2n) is 9.27. The second kappa shape index (κ2) is 12.0. The summed E-state index contributed by atoms with van der Waals surface area (Å²) >= 11 is 5.83. The average molecular weight is 571 g/mol. The maximum Gasteiger partial charge on any atom is 0.446 e. The van der Waals surface area contributed by atoms with Crippen LogP contribution in [0.3, 0.4) is 0 Å². The van der Waals surface area contributed by atoms with E-state index in [4.69, 9.17) is 16.4 Å². The summed E-state index contributed by atoms with van der Waals surface area (Å²) in [6, 6.07) is 2.93. The van der Waals surface area contributed by atoms with Gasteiger partial charge in [0.25, 0.3) is 0 Å². The molecule has 1 saturated heterocycles. The molecule has 0 radical (unpaired) electrons. The minimum absolute atomic E-state index is 0.0821. The number of hydrogen-bond acceptors (Lipinski definition) is 4. The summed E-state index contributed by atoms with van der Waals surface area (Å²) in [4.78, 5) is 23.3. The molecule has 0 bridgehead atoms. The van der Waals surface area contributed by atoms with E-state index in [1.165, 1.54) is 6.07 Å². The number of halogens is 8. The first-order chi connectivity index (χ1) is 17.7. The molecule has 0 saturated carbocycles. The second-order valence-corrected chi connectivity index (χ2v) is 9.71. The molecule has 1 N–H and O–H groups in total. The fourth-order valence-corrected chi connectivity index (χ4v) is 4.80. The topological polar surface area (TPSA) is 67.2 Å². The number of piperidine rings is 1. The van der Waals surface area contributed by atoms with Crippen LogP contribution in [0, 0.1) is 18.7 Å². The molecule has 2 aliphatic rings. The van der Waals surface area contributed by atoms with Crippen LogP contribution in [0.15, 0.2) is 18.2 Å². The highest BCUT2D eigenvalue weighted by atomic mass is 35.5. The number of carbonyl (C=O) groups is 2. The minimum Gasteiger partial charge on any atom is -0.336 e. The Balaban J connectivity index is 0.000000599.